The molecule has 31 heavy (non-hydrogen) atoms. The van der Waals surface area contributed by atoms with Crippen LogP contribution in [0, 0.1) is 0 Å². The SMILES string of the molecule is C=CCOc1cccc(/C=C2\C(=O)N(c3ccc(OC)cc3)C(C)=C2C(=O)OCC)c1. The van der Waals surface area contributed by atoms with Gasteiger partial charge in [0.05, 0.1) is 24.9 Å². The van der Waals surface area contributed by atoms with Gasteiger partial charge in [0.15, 0.2) is 0 Å². The first-order valence-electron chi connectivity index (χ1n) is 9.92. The van der Waals surface area contributed by atoms with Crippen LogP contribution in [0.5, 0.6) is 11.5 Å². The number of carbonyl (C=O) groups is 2. The van der Waals surface area contributed by atoms with Crippen molar-refractivity contribution in [2.24, 2.45) is 0 Å². The second kappa shape index (κ2) is 9.80. The Morgan fingerprint density at radius 2 is 1.87 bits per heavy atom. The maximum Gasteiger partial charge on any atom is 0.340 e. The van der Waals surface area contributed by atoms with Crippen LogP contribution in [0.15, 0.2) is 78.0 Å². The molecule has 1 aliphatic rings. The number of ether oxygens (including phenoxy) is 3. The number of amides is 1. The highest BCUT2D eigenvalue weighted by Gasteiger charge is 2.38. The summed E-state index contributed by atoms with van der Waals surface area (Å²) in [4.78, 5) is 27.6. The van der Waals surface area contributed by atoms with E-state index >= 15 is 0 Å². The molecule has 2 aromatic carbocycles. The largest absolute Gasteiger partial charge is 0.497 e. The molecule has 6 nitrogen and oxygen atoms in total. The average molecular weight is 419 g/mol. The van der Waals surface area contributed by atoms with Crippen molar-refractivity contribution in [1.82, 2.24) is 0 Å². The molecular weight excluding hydrogens is 394 g/mol. The van der Waals surface area contributed by atoms with Crippen LogP contribution in [0.2, 0.25) is 0 Å². The van der Waals surface area contributed by atoms with Crippen molar-refractivity contribution in [2.45, 2.75) is 13.8 Å². The predicted octanol–water partition coefficient (Wildman–Crippen LogP) is 4.53. The van der Waals surface area contributed by atoms with Gasteiger partial charge in [0.2, 0.25) is 0 Å². The molecule has 0 bridgehead atoms. The fraction of sp³-hybridized carbons (Fsp3) is 0.200. The molecule has 6 heteroatoms. The number of hydrogen-bond donors (Lipinski definition) is 0. The molecule has 0 aliphatic carbocycles. The Balaban J connectivity index is 2.05. The average Bonchev–Trinajstić information content (AvgIpc) is 3.02. The van der Waals surface area contributed by atoms with Gasteiger partial charge in [0, 0.05) is 11.4 Å². The number of benzene rings is 2. The van der Waals surface area contributed by atoms with E-state index in [1.165, 1.54) is 4.90 Å². The molecule has 0 unspecified atom stereocenters. The predicted molar refractivity (Wildman–Crippen MR) is 120 cm³/mol. The summed E-state index contributed by atoms with van der Waals surface area (Å²) < 4.78 is 16.0. The summed E-state index contributed by atoms with van der Waals surface area (Å²) >= 11 is 0. The van der Waals surface area contributed by atoms with Crippen molar-refractivity contribution in [1.29, 1.82) is 0 Å². The van der Waals surface area contributed by atoms with Gasteiger partial charge in [-0.1, -0.05) is 24.8 Å². The number of hydrogen-bond acceptors (Lipinski definition) is 5. The maximum atomic E-state index is 13.4. The Morgan fingerprint density at radius 3 is 2.52 bits per heavy atom. The number of esters is 1. The highest BCUT2D eigenvalue weighted by Crippen LogP contribution is 2.36. The summed E-state index contributed by atoms with van der Waals surface area (Å²) in [6.45, 7) is 7.69. The minimum Gasteiger partial charge on any atom is -0.497 e. The van der Waals surface area contributed by atoms with E-state index in [0.29, 0.717) is 29.5 Å². The van der Waals surface area contributed by atoms with Crippen LogP contribution >= 0.6 is 0 Å². The summed E-state index contributed by atoms with van der Waals surface area (Å²) in [7, 11) is 1.58. The van der Waals surface area contributed by atoms with Crippen molar-refractivity contribution in [3.8, 4) is 11.5 Å². The van der Waals surface area contributed by atoms with Gasteiger partial charge >= 0.3 is 5.97 Å². The van der Waals surface area contributed by atoms with Crippen LogP contribution in [0.4, 0.5) is 5.69 Å². The van der Waals surface area contributed by atoms with E-state index in [0.717, 1.165) is 5.56 Å². The number of anilines is 1. The fourth-order valence-electron chi connectivity index (χ4n) is 3.34. The van der Waals surface area contributed by atoms with Gasteiger partial charge in [0.25, 0.3) is 5.91 Å². The first kappa shape index (κ1) is 21.9. The first-order chi connectivity index (χ1) is 15.0. The molecule has 0 saturated heterocycles. The van der Waals surface area contributed by atoms with Crippen molar-refractivity contribution >= 4 is 23.6 Å². The minimum atomic E-state index is -0.533. The Bertz CT molecular complexity index is 1050. The van der Waals surface area contributed by atoms with E-state index in [1.807, 2.05) is 18.2 Å². The van der Waals surface area contributed by atoms with E-state index < -0.39 is 5.97 Å². The lowest BCUT2D eigenvalue weighted by atomic mass is 10.0. The standard InChI is InChI=1S/C25H25NO5/c1-5-14-31-21-9-7-8-18(15-21)16-22-23(25(28)30-6-2)17(3)26(24(22)27)19-10-12-20(29-4)13-11-19/h5,7-13,15-16H,1,6,14H2,2-4H3/b22-16-. The van der Waals surface area contributed by atoms with Crippen LogP contribution in [0.3, 0.4) is 0 Å². The zero-order valence-corrected chi connectivity index (χ0v) is 17.9. The summed E-state index contributed by atoms with van der Waals surface area (Å²) in [6, 6.07) is 14.4. The Kier molecular flexibility index (Phi) is 6.92. The molecule has 0 aromatic heterocycles. The van der Waals surface area contributed by atoms with Crippen molar-refractivity contribution in [3.63, 3.8) is 0 Å². The van der Waals surface area contributed by atoms with Crippen LogP contribution in [-0.2, 0) is 14.3 Å². The van der Waals surface area contributed by atoms with Crippen LogP contribution in [-0.4, -0.2) is 32.2 Å². The van der Waals surface area contributed by atoms with Crippen molar-refractivity contribution < 1.29 is 23.8 Å². The lowest BCUT2D eigenvalue weighted by Crippen LogP contribution is -2.24. The van der Waals surface area contributed by atoms with Gasteiger partial charge < -0.3 is 14.2 Å². The van der Waals surface area contributed by atoms with Crippen LogP contribution < -0.4 is 14.4 Å². The number of nitrogens with zero attached hydrogens (tertiary/aromatic N) is 1. The molecule has 1 heterocycles. The summed E-state index contributed by atoms with van der Waals surface area (Å²) in [5, 5.41) is 0. The Morgan fingerprint density at radius 1 is 1.13 bits per heavy atom. The molecule has 1 amide bonds. The van der Waals surface area contributed by atoms with Gasteiger partial charge in [-0.25, -0.2) is 4.79 Å². The third-order valence-electron chi connectivity index (χ3n) is 4.75. The number of methoxy groups -OCH3 is 1. The quantitative estimate of drug-likeness (QED) is 0.357. The third-order valence-corrected chi connectivity index (χ3v) is 4.75. The van der Waals surface area contributed by atoms with E-state index in [1.54, 1.807) is 63.4 Å². The zero-order valence-electron chi connectivity index (χ0n) is 17.9. The topological polar surface area (TPSA) is 65.1 Å². The molecule has 160 valence electrons. The van der Waals surface area contributed by atoms with Crippen LogP contribution in [0.1, 0.15) is 19.4 Å². The second-order valence-electron chi connectivity index (χ2n) is 6.75. The molecule has 2 aromatic rings. The van der Waals surface area contributed by atoms with Gasteiger partial charge in [0.1, 0.15) is 18.1 Å². The highest BCUT2D eigenvalue weighted by atomic mass is 16.5. The number of carbonyl (C=O) groups excluding carboxylic acids is 2. The number of allylic oxidation sites excluding steroid dienone is 1. The highest BCUT2D eigenvalue weighted by molar-refractivity contribution is 6.23. The van der Waals surface area contributed by atoms with Crippen molar-refractivity contribution in [3.05, 3.63) is 83.6 Å². The smallest absolute Gasteiger partial charge is 0.340 e. The summed E-state index contributed by atoms with van der Waals surface area (Å²) in [6.07, 6.45) is 3.34. The van der Waals surface area contributed by atoms with E-state index in [-0.39, 0.29) is 23.7 Å². The molecule has 0 N–H and O–H groups in total. The number of rotatable bonds is 8. The molecule has 0 radical (unpaired) electrons. The lowest BCUT2D eigenvalue weighted by molar-refractivity contribution is -0.138. The third kappa shape index (κ3) is 4.69. The summed E-state index contributed by atoms with van der Waals surface area (Å²) in [5.74, 6) is 0.484. The summed E-state index contributed by atoms with van der Waals surface area (Å²) in [5.41, 5.74) is 2.40. The Labute approximate surface area is 182 Å². The monoisotopic (exact) mass is 419 g/mol. The Hall–Kier alpha value is -3.80. The van der Waals surface area contributed by atoms with E-state index in [2.05, 4.69) is 6.58 Å². The van der Waals surface area contributed by atoms with Gasteiger partial charge in [-0.15, -0.1) is 0 Å². The lowest BCUT2D eigenvalue weighted by Gasteiger charge is -2.18. The van der Waals surface area contributed by atoms with Gasteiger partial charge in [-0.05, 0) is 61.9 Å². The molecule has 0 saturated carbocycles. The van der Waals surface area contributed by atoms with Crippen molar-refractivity contribution in [2.75, 3.05) is 25.2 Å². The second-order valence-corrected chi connectivity index (χ2v) is 6.75. The molecule has 1 aliphatic heterocycles. The maximum absolute atomic E-state index is 13.4. The van der Waals surface area contributed by atoms with E-state index in [9.17, 15) is 9.59 Å². The molecule has 0 fully saturated rings. The molecule has 3 rings (SSSR count). The van der Waals surface area contributed by atoms with Crippen LogP contribution in [0.25, 0.3) is 6.08 Å². The first-order valence-corrected chi connectivity index (χ1v) is 9.92. The fourth-order valence-corrected chi connectivity index (χ4v) is 3.34. The minimum absolute atomic E-state index is 0.213. The molecule has 0 atom stereocenters. The molecule has 0 spiro atoms. The normalized spacial score (nSPS) is 14.7. The van der Waals surface area contributed by atoms with Gasteiger partial charge in [-0.2, -0.15) is 0 Å². The zero-order chi connectivity index (χ0) is 22.4. The van der Waals surface area contributed by atoms with E-state index in [4.69, 9.17) is 14.2 Å². The van der Waals surface area contributed by atoms with Gasteiger partial charge in [-0.3, -0.25) is 9.69 Å². The molecular formula is C25H25NO5.